The van der Waals surface area contributed by atoms with E-state index in [0.717, 1.165) is 23.8 Å². The Morgan fingerprint density at radius 2 is 1.80 bits per heavy atom. The van der Waals surface area contributed by atoms with Crippen molar-refractivity contribution in [3.63, 3.8) is 0 Å². The minimum atomic E-state index is 0.394. The van der Waals surface area contributed by atoms with Crippen molar-refractivity contribution in [2.24, 2.45) is 17.8 Å². The molecule has 0 aromatic heterocycles. The van der Waals surface area contributed by atoms with Gasteiger partial charge in [-0.05, 0) is 57.3 Å². The van der Waals surface area contributed by atoms with Crippen molar-refractivity contribution < 1.29 is 0 Å². The lowest BCUT2D eigenvalue weighted by atomic mass is 9.75. The van der Waals surface area contributed by atoms with Gasteiger partial charge in [0.25, 0.3) is 0 Å². The third kappa shape index (κ3) is 2.78. The third-order valence-corrected chi connectivity index (χ3v) is 6.42. The summed E-state index contributed by atoms with van der Waals surface area (Å²) in [6.45, 7) is 12.3. The van der Waals surface area contributed by atoms with Crippen molar-refractivity contribution in [2.45, 2.75) is 83.8 Å². The Morgan fingerprint density at radius 3 is 2.45 bits per heavy atom. The minimum absolute atomic E-state index is 0.394. The van der Waals surface area contributed by atoms with Crippen LogP contribution in [0.4, 0.5) is 0 Å². The maximum atomic E-state index is 3.88. The molecule has 4 unspecified atom stereocenters. The monoisotopic (exact) mass is 278 g/mol. The quantitative estimate of drug-likeness (QED) is 0.847. The number of rotatable bonds is 3. The molecule has 3 aliphatic rings. The molecule has 0 bridgehead atoms. The van der Waals surface area contributed by atoms with Gasteiger partial charge in [-0.25, -0.2) is 0 Å². The summed E-state index contributed by atoms with van der Waals surface area (Å²) in [6, 6.07) is 1.56. The largest absolute Gasteiger partial charge is 0.308 e. The smallest absolute Gasteiger partial charge is 0.0309 e. The Kier molecular flexibility index (Phi) is 4.16. The van der Waals surface area contributed by atoms with Crippen molar-refractivity contribution >= 4 is 0 Å². The summed E-state index contributed by atoms with van der Waals surface area (Å²) in [5, 5.41) is 3.88. The van der Waals surface area contributed by atoms with E-state index in [9.17, 15) is 0 Å². The first-order valence-corrected chi connectivity index (χ1v) is 9.02. The van der Waals surface area contributed by atoms with Gasteiger partial charge in [-0.15, -0.1) is 0 Å². The Balaban J connectivity index is 1.75. The standard InChI is InChI=1S/C18H34N2/c1-13(2)16-7-5-6-8-17(16)20-12-18(4,15-9-10-15)19-11-14(20)3/h13-17,19H,5-12H2,1-4H3. The van der Waals surface area contributed by atoms with Crippen LogP contribution in [0.5, 0.6) is 0 Å². The molecule has 2 saturated carbocycles. The maximum absolute atomic E-state index is 3.88. The lowest BCUT2D eigenvalue weighted by molar-refractivity contribution is -0.00389. The molecule has 0 spiro atoms. The molecule has 2 nitrogen and oxygen atoms in total. The molecule has 116 valence electrons. The summed E-state index contributed by atoms with van der Waals surface area (Å²) in [7, 11) is 0. The van der Waals surface area contributed by atoms with Crippen molar-refractivity contribution in [3.8, 4) is 0 Å². The number of nitrogens with zero attached hydrogens (tertiary/aromatic N) is 1. The second kappa shape index (κ2) is 5.61. The van der Waals surface area contributed by atoms with E-state index in [4.69, 9.17) is 0 Å². The fourth-order valence-corrected chi connectivity index (χ4v) is 4.86. The predicted octanol–water partition coefficient (Wildman–Crippen LogP) is 3.66. The molecule has 4 atom stereocenters. The van der Waals surface area contributed by atoms with Gasteiger partial charge < -0.3 is 5.32 Å². The van der Waals surface area contributed by atoms with Crippen molar-refractivity contribution in [2.75, 3.05) is 13.1 Å². The molecule has 0 radical (unpaired) electrons. The normalized spacial score (nSPS) is 44.0. The van der Waals surface area contributed by atoms with Gasteiger partial charge in [0.1, 0.15) is 0 Å². The van der Waals surface area contributed by atoms with Crippen molar-refractivity contribution in [1.82, 2.24) is 10.2 Å². The highest BCUT2D eigenvalue weighted by Gasteiger charge is 2.47. The topological polar surface area (TPSA) is 15.3 Å². The van der Waals surface area contributed by atoms with Crippen molar-refractivity contribution in [3.05, 3.63) is 0 Å². The van der Waals surface area contributed by atoms with E-state index in [1.165, 1.54) is 51.6 Å². The molecule has 2 aliphatic carbocycles. The first-order valence-electron chi connectivity index (χ1n) is 9.02. The van der Waals surface area contributed by atoms with E-state index < -0.39 is 0 Å². The molecule has 1 N–H and O–H groups in total. The fraction of sp³-hybridized carbons (Fsp3) is 1.00. The van der Waals surface area contributed by atoms with Gasteiger partial charge in [0, 0.05) is 30.7 Å². The van der Waals surface area contributed by atoms with E-state index in [0.29, 0.717) is 11.6 Å². The Labute approximate surface area is 125 Å². The molecule has 0 aromatic rings. The van der Waals surface area contributed by atoms with Gasteiger partial charge in [0.05, 0.1) is 0 Å². The zero-order valence-electron chi connectivity index (χ0n) is 14.0. The Hall–Kier alpha value is -0.0800. The predicted molar refractivity (Wildman–Crippen MR) is 85.9 cm³/mol. The molecule has 1 aliphatic heterocycles. The van der Waals surface area contributed by atoms with Gasteiger partial charge in [0.15, 0.2) is 0 Å². The van der Waals surface area contributed by atoms with Crippen LogP contribution in [-0.2, 0) is 0 Å². The SMILES string of the molecule is CC(C)C1CCCCC1N1CC(C)(C2CC2)NCC1C. The van der Waals surface area contributed by atoms with Crippen LogP contribution >= 0.6 is 0 Å². The number of piperazine rings is 1. The van der Waals surface area contributed by atoms with Crippen LogP contribution in [0.3, 0.4) is 0 Å². The van der Waals surface area contributed by atoms with Gasteiger partial charge in [-0.3, -0.25) is 4.90 Å². The molecular weight excluding hydrogens is 244 g/mol. The first-order chi connectivity index (χ1) is 9.51. The van der Waals surface area contributed by atoms with Crippen LogP contribution in [0.15, 0.2) is 0 Å². The van der Waals surface area contributed by atoms with Gasteiger partial charge in [-0.2, -0.15) is 0 Å². The molecule has 2 heteroatoms. The summed E-state index contributed by atoms with van der Waals surface area (Å²) in [5.41, 5.74) is 0.394. The highest BCUT2D eigenvalue weighted by atomic mass is 15.3. The van der Waals surface area contributed by atoms with Gasteiger partial charge >= 0.3 is 0 Å². The molecule has 20 heavy (non-hydrogen) atoms. The van der Waals surface area contributed by atoms with Crippen LogP contribution in [0.1, 0.15) is 66.2 Å². The molecule has 0 aromatic carbocycles. The molecule has 0 amide bonds. The second-order valence-electron chi connectivity index (χ2n) is 8.35. The van der Waals surface area contributed by atoms with Crippen LogP contribution in [-0.4, -0.2) is 35.6 Å². The van der Waals surface area contributed by atoms with E-state index in [-0.39, 0.29) is 0 Å². The average Bonchev–Trinajstić information content (AvgIpc) is 3.26. The van der Waals surface area contributed by atoms with Crippen LogP contribution in [0, 0.1) is 17.8 Å². The van der Waals surface area contributed by atoms with E-state index >= 15 is 0 Å². The molecular formula is C18H34N2. The Bertz CT molecular complexity index is 336. The highest BCUT2D eigenvalue weighted by molar-refractivity contribution is 5.05. The van der Waals surface area contributed by atoms with Crippen LogP contribution in [0.2, 0.25) is 0 Å². The van der Waals surface area contributed by atoms with Crippen molar-refractivity contribution in [1.29, 1.82) is 0 Å². The summed E-state index contributed by atoms with van der Waals surface area (Å²) < 4.78 is 0. The number of hydrogen-bond acceptors (Lipinski definition) is 2. The van der Waals surface area contributed by atoms with Crippen LogP contribution in [0.25, 0.3) is 0 Å². The van der Waals surface area contributed by atoms with Gasteiger partial charge in [0.2, 0.25) is 0 Å². The summed E-state index contributed by atoms with van der Waals surface area (Å²) in [5.74, 6) is 2.71. The second-order valence-corrected chi connectivity index (χ2v) is 8.35. The molecule has 1 saturated heterocycles. The lowest BCUT2D eigenvalue weighted by Gasteiger charge is -2.52. The summed E-state index contributed by atoms with van der Waals surface area (Å²) in [4.78, 5) is 2.90. The summed E-state index contributed by atoms with van der Waals surface area (Å²) in [6.07, 6.45) is 8.70. The van der Waals surface area contributed by atoms with E-state index in [1.807, 2.05) is 0 Å². The molecule has 3 fully saturated rings. The molecule has 1 heterocycles. The van der Waals surface area contributed by atoms with E-state index in [1.54, 1.807) is 0 Å². The fourth-order valence-electron chi connectivity index (χ4n) is 4.86. The first kappa shape index (κ1) is 14.8. The zero-order chi connectivity index (χ0) is 14.3. The maximum Gasteiger partial charge on any atom is 0.0309 e. The lowest BCUT2D eigenvalue weighted by Crippen LogP contribution is -2.66. The van der Waals surface area contributed by atoms with Crippen LogP contribution < -0.4 is 5.32 Å². The number of hydrogen-bond donors (Lipinski definition) is 1. The average molecular weight is 278 g/mol. The van der Waals surface area contributed by atoms with E-state index in [2.05, 4.69) is 37.9 Å². The van der Waals surface area contributed by atoms with Gasteiger partial charge in [-0.1, -0.05) is 26.7 Å². The third-order valence-electron chi connectivity index (χ3n) is 6.42. The Morgan fingerprint density at radius 1 is 1.10 bits per heavy atom. The zero-order valence-corrected chi connectivity index (χ0v) is 14.0. The summed E-state index contributed by atoms with van der Waals surface area (Å²) >= 11 is 0. The highest BCUT2D eigenvalue weighted by Crippen LogP contribution is 2.43. The minimum Gasteiger partial charge on any atom is -0.308 e. The number of nitrogens with one attached hydrogen (secondary N) is 1. The molecule has 3 rings (SSSR count).